The van der Waals surface area contributed by atoms with Crippen molar-refractivity contribution in [1.82, 2.24) is 4.90 Å². The van der Waals surface area contributed by atoms with Crippen molar-refractivity contribution >= 4 is 5.91 Å². The van der Waals surface area contributed by atoms with E-state index < -0.39 is 12.2 Å². The summed E-state index contributed by atoms with van der Waals surface area (Å²) >= 11 is 0. The zero-order valence-corrected chi connectivity index (χ0v) is 17.0. The Hall–Kier alpha value is -1.91. The Labute approximate surface area is 164 Å². The van der Waals surface area contributed by atoms with E-state index in [1.165, 1.54) is 11.1 Å². The van der Waals surface area contributed by atoms with E-state index >= 15 is 0 Å². The summed E-state index contributed by atoms with van der Waals surface area (Å²) in [5.41, 5.74) is 2.50. The van der Waals surface area contributed by atoms with Crippen LogP contribution in [-0.4, -0.2) is 47.3 Å². The monoisotopic (exact) mass is 373 g/mol. The Bertz CT molecular complexity index is 590. The lowest BCUT2D eigenvalue weighted by Gasteiger charge is -2.10. The number of carbonyl (C=O) groups excluding carboxylic acids is 1. The summed E-state index contributed by atoms with van der Waals surface area (Å²) in [6.07, 6.45) is 11.7. The molecule has 0 bridgehead atoms. The van der Waals surface area contributed by atoms with E-state index in [4.69, 9.17) is 0 Å². The number of aryl methyl sites for hydroxylation is 2. The topological polar surface area (TPSA) is 60.8 Å². The van der Waals surface area contributed by atoms with Crippen LogP contribution in [0.15, 0.2) is 48.6 Å². The summed E-state index contributed by atoms with van der Waals surface area (Å²) < 4.78 is 0. The average Bonchev–Trinajstić information content (AvgIpc) is 2.63. The third kappa shape index (κ3) is 11.4. The second-order valence-electron chi connectivity index (χ2n) is 7.27. The second-order valence-corrected chi connectivity index (χ2v) is 7.27. The van der Waals surface area contributed by atoms with Crippen LogP contribution in [0.25, 0.3) is 0 Å². The maximum Gasteiger partial charge on any atom is 0.222 e. The van der Waals surface area contributed by atoms with Gasteiger partial charge >= 0.3 is 0 Å². The van der Waals surface area contributed by atoms with Gasteiger partial charge in [0.2, 0.25) is 5.91 Å². The number of aliphatic hydroxyl groups is 2. The molecular formula is C23H35NO3. The molecule has 0 saturated carbocycles. The molecule has 0 radical (unpaired) electrons. The first-order valence-corrected chi connectivity index (χ1v) is 9.83. The molecule has 0 spiro atoms. The lowest BCUT2D eigenvalue weighted by Crippen LogP contribution is -2.21. The smallest absolute Gasteiger partial charge is 0.222 e. The summed E-state index contributed by atoms with van der Waals surface area (Å²) in [4.78, 5) is 13.0. The molecule has 27 heavy (non-hydrogen) atoms. The fourth-order valence-corrected chi connectivity index (χ4v) is 2.65. The minimum absolute atomic E-state index is 0.0947. The van der Waals surface area contributed by atoms with Crippen LogP contribution < -0.4 is 0 Å². The van der Waals surface area contributed by atoms with E-state index in [2.05, 4.69) is 31.2 Å². The molecule has 0 aliphatic rings. The number of amides is 1. The third-order valence-corrected chi connectivity index (χ3v) is 4.46. The molecule has 4 heteroatoms. The Morgan fingerprint density at radius 1 is 1.00 bits per heavy atom. The number of aliphatic hydroxyl groups excluding tert-OH is 2. The van der Waals surface area contributed by atoms with Crippen molar-refractivity contribution in [2.24, 2.45) is 0 Å². The van der Waals surface area contributed by atoms with Gasteiger partial charge in [-0.2, -0.15) is 0 Å². The maximum absolute atomic E-state index is 11.5. The van der Waals surface area contributed by atoms with Gasteiger partial charge in [-0.1, -0.05) is 54.1 Å². The predicted octanol–water partition coefficient (Wildman–Crippen LogP) is 3.80. The van der Waals surface area contributed by atoms with Gasteiger partial charge in [0.05, 0.1) is 12.2 Å². The highest BCUT2D eigenvalue weighted by molar-refractivity contribution is 5.75. The molecule has 1 aromatic rings. The van der Waals surface area contributed by atoms with Crippen molar-refractivity contribution in [3.05, 3.63) is 59.7 Å². The van der Waals surface area contributed by atoms with Crippen LogP contribution in [0.3, 0.4) is 0 Å². The predicted molar refractivity (Wildman–Crippen MR) is 112 cm³/mol. The average molecular weight is 374 g/mol. The molecular weight excluding hydrogens is 338 g/mol. The summed E-state index contributed by atoms with van der Waals surface area (Å²) in [5, 5.41) is 19.9. The number of rotatable bonds is 12. The Morgan fingerprint density at radius 3 is 2.11 bits per heavy atom. The van der Waals surface area contributed by atoms with Gasteiger partial charge < -0.3 is 15.1 Å². The summed E-state index contributed by atoms with van der Waals surface area (Å²) in [6, 6.07) is 8.41. The van der Waals surface area contributed by atoms with E-state index in [1.807, 2.05) is 18.2 Å². The normalized spacial score (nSPS) is 14.0. The van der Waals surface area contributed by atoms with Crippen LogP contribution in [0.5, 0.6) is 0 Å². The van der Waals surface area contributed by atoms with Crippen LogP contribution in [0.2, 0.25) is 0 Å². The standard InChI is InChI=1S/C23H35NO3/c1-19-13-15-20(16-14-19)17-18-22(26)10-7-5-4-6-9-21(25)11-8-12-23(27)24(2)3/h6-7,9-10,13-16,21-22,25-26H,4-5,8,11-12,17-18H2,1-3H3/b9-6-,10-7+. The van der Waals surface area contributed by atoms with Crippen molar-refractivity contribution in [1.29, 1.82) is 0 Å². The van der Waals surface area contributed by atoms with Crippen molar-refractivity contribution in [3.63, 3.8) is 0 Å². The highest BCUT2D eigenvalue weighted by Gasteiger charge is 2.05. The molecule has 0 saturated heterocycles. The molecule has 2 atom stereocenters. The van der Waals surface area contributed by atoms with Gasteiger partial charge in [-0.3, -0.25) is 4.79 Å². The second kappa shape index (κ2) is 13.3. The molecule has 0 fully saturated rings. The molecule has 1 rings (SSSR count). The molecule has 1 amide bonds. The molecule has 4 nitrogen and oxygen atoms in total. The van der Waals surface area contributed by atoms with E-state index in [0.717, 1.165) is 25.7 Å². The number of nitrogens with zero attached hydrogens (tertiary/aromatic N) is 1. The molecule has 1 aromatic carbocycles. The van der Waals surface area contributed by atoms with E-state index in [0.29, 0.717) is 19.3 Å². The number of allylic oxidation sites excluding steroid dienone is 2. The van der Waals surface area contributed by atoms with E-state index in [1.54, 1.807) is 25.1 Å². The summed E-state index contributed by atoms with van der Waals surface area (Å²) in [7, 11) is 3.48. The van der Waals surface area contributed by atoms with E-state index in [-0.39, 0.29) is 5.91 Å². The highest BCUT2D eigenvalue weighted by atomic mass is 16.3. The van der Waals surface area contributed by atoms with Crippen molar-refractivity contribution < 1.29 is 15.0 Å². The highest BCUT2D eigenvalue weighted by Crippen LogP contribution is 2.09. The number of benzene rings is 1. The quantitative estimate of drug-likeness (QED) is 0.433. The third-order valence-electron chi connectivity index (χ3n) is 4.46. The molecule has 0 heterocycles. The largest absolute Gasteiger partial charge is 0.389 e. The van der Waals surface area contributed by atoms with Crippen LogP contribution >= 0.6 is 0 Å². The lowest BCUT2D eigenvalue weighted by atomic mass is 10.0. The first-order valence-electron chi connectivity index (χ1n) is 9.83. The number of carbonyl (C=O) groups is 1. The van der Waals surface area contributed by atoms with Gasteiger partial charge in [-0.25, -0.2) is 0 Å². The Kier molecular flexibility index (Phi) is 11.4. The zero-order valence-electron chi connectivity index (χ0n) is 17.0. The Balaban J connectivity index is 2.12. The van der Waals surface area contributed by atoms with Crippen LogP contribution in [0.1, 0.15) is 49.7 Å². The van der Waals surface area contributed by atoms with Gasteiger partial charge in [-0.05, 0) is 51.0 Å². The molecule has 2 unspecified atom stereocenters. The Morgan fingerprint density at radius 2 is 1.56 bits per heavy atom. The number of hydrogen-bond donors (Lipinski definition) is 2. The van der Waals surface area contributed by atoms with Crippen LogP contribution in [0.4, 0.5) is 0 Å². The number of hydrogen-bond acceptors (Lipinski definition) is 3. The van der Waals surface area contributed by atoms with Crippen molar-refractivity contribution in [3.8, 4) is 0 Å². The van der Waals surface area contributed by atoms with Crippen molar-refractivity contribution in [2.75, 3.05) is 14.1 Å². The fraction of sp³-hybridized carbons (Fsp3) is 0.522. The van der Waals surface area contributed by atoms with Gasteiger partial charge in [0.25, 0.3) is 0 Å². The minimum Gasteiger partial charge on any atom is -0.389 e. The van der Waals surface area contributed by atoms with Gasteiger partial charge in [0, 0.05) is 20.5 Å². The summed E-state index contributed by atoms with van der Waals surface area (Å²) in [6.45, 7) is 2.07. The summed E-state index contributed by atoms with van der Waals surface area (Å²) in [5.74, 6) is 0.0947. The van der Waals surface area contributed by atoms with Gasteiger partial charge in [0.15, 0.2) is 0 Å². The molecule has 150 valence electrons. The van der Waals surface area contributed by atoms with Crippen LogP contribution in [0, 0.1) is 6.92 Å². The number of unbranched alkanes of at least 4 members (excludes halogenated alkanes) is 1. The van der Waals surface area contributed by atoms with Crippen molar-refractivity contribution in [2.45, 2.75) is 64.1 Å². The van der Waals surface area contributed by atoms with Crippen LogP contribution in [-0.2, 0) is 11.2 Å². The lowest BCUT2D eigenvalue weighted by molar-refractivity contribution is -0.128. The molecule has 2 N–H and O–H groups in total. The van der Waals surface area contributed by atoms with Gasteiger partial charge in [-0.15, -0.1) is 0 Å². The molecule has 0 aromatic heterocycles. The first kappa shape index (κ1) is 23.1. The van der Waals surface area contributed by atoms with E-state index in [9.17, 15) is 15.0 Å². The molecule has 0 aliphatic heterocycles. The zero-order chi connectivity index (χ0) is 20.1. The first-order chi connectivity index (χ1) is 12.9. The SMILES string of the molecule is Cc1ccc(CCC(O)/C=C/CC/C=C\C(O)CCCC(=O)N(C)C)cc1. The minimum atomic E-state index is -0.496. The maximum atomic E-state index is 11.5. The van der Waals surface area contributed by atoms with Gasteiger partial charge in [0.1, 0.15) is 0 Å². The fourth-order valence-electron chi connectivity index (χ4n) is 2.65. The molecule has 0 aliphatic carbocycles.